The minimum absolute atomic E-state index is 0.0615. The Morgan fingerprint density at radius 1 is 1.06 bits per heavy atom. The van der Waals surface area contributed by atoms with Crippen molar-refractivity contribution in [3.63, 3.8) is 0 Å². The van der Waals surface area contributed by atoms with Crippen LogP contribution in [-0.2, 0) is 0 Å². The maximum atomic E-state index is 13.0. The molecule has 3 heterocycles. The number of fused-ring (bicyclic) bond motifs is 1. The molecule has 1 saturated heterocycles. The molecular formula is C24H22ClN5O3. The summed E-state index contributed by atoms with van der Waals surface area (Å²) in [7, 11) is 1.61. The monoisotopic (exact) mass is 463 g/mol. The summed E-state index contributed by atoms with van der Waals surface area (Å²) in [5.74, 6) is 0.671. The van der Waals surface area contributed by atoms with Gasteiger partial charge in [-0.25, -0.2) is 0 Å². The van der Waals surface area contributed by atoms with E-state index in [4.69, 9.17) is 16.3 Å². The quantitative estimate of drug-likeness (QED) is 0.502. The summed E-state index contributed by atoms with van der Waals surface area (Å²) >= 11 is 6.44. The molecule has 0 atom stereocenters. The van der Waals surface area contributed by atoms with Crippen molar-refractivity contribution in [3.8, 4) is 11.4 Å². The van der Waals surface area contributed by atoms with E-state index in [2.05, 4.69) is 10.1 Å². The first kappa shape index (κ1) is 21.1. The average Bonchev–Trinajstić information content (AvgIpc) is 3.29. The first-order valence-electron chi connectivity index (χ1n) is 10.6. The number of rotatable bonds is 4. The molecule has 0 bridgehead atoms. The number of ether oxygens (including phenoxy) is 1. The largest absolute Gasteiger partial charge is 0.497 e. The standard InChI is InChI=1S/C24H22ClN5O3/c1-33-18-8-7-16-13-20(27-19(16)14-18)23(31)29-11-9-28(10-12-29)21-15-26-30(24(32)22(21)25)17-5-3-2-4-6-17/h2-8,13-15,27H,9-12H2,1H3. The Kier molecular flexibility index (Phi) is 5.51. The Labute approximate surface area is 194 Å². The highest BCUT2D eigenvalue weighted by molar-refractivity contribution is 6.33. The lowest BCUT2D eigenvalue weighted by atomic mass is 10.2. The molecule has 2 aromatic carbocycles. The Morgan fingerprint density at radius 2 is 1.82 bits per heavy atom. The van der Waals surface area contributed by atoms with Crippen LogP contribution in [0.15, 0.2) is 65.6 Å². The third kappa shape index (κ3) is 3.93. The number of anilines is 1. The van der Waals surface area contributed by atoms with Crippen LogP contribution in [0.1, 0.15) is 10.5 Å². The van der Waals surface area contributed by atoms with Crippen molar-refractivity contribution in [1.82, 2.24) is 19.7 Å². The van der Waals surface area contributed by atoms with E-state index < -0.39 is 0 Å². The first-order valence-corrected chi connectivity index (χ1v) is 11.0. The van der Waals surface area contributed by atoms with Gasteiger partial charge >= 0.3 is 0 Å². The molecule has 8 nitrogen and oxygen atoms in total. The Balaban J connectivity index is 1.30. The summed E-state index contributed by atoms with van der Waals surface area (Å²) in [6.07, 6.45) is 1.61. The summed E-state index contributed by atoms with van der Waals surface area (Å²) in [6.45, 7) is 2.12. The predicted molar refractivity (Wildman–Crippen MR) is 128 cm³/mol. The summed E-state index contributed by atoms with van der Waals surface area (Å²) in [5.41, 5.74) is 2.26. The molecule has 0 unspecified atom stereocenters. The number of carbonyl (C=O) groups is 1. The molecule has 1 amide bonds. The van der Waals surface area contributed by atoms with E-state index in [9.17, 15) is 9.59 Å². The maximum Gasteiger partial charge on any atom is 0.292 e. The van der Waals surface area contributed by atoms with Gasteiger partial charge in [0.05, 0.1) is 24.7 Å². The molecule has 1 N–H and O–H groups in total. The summed E-state index contributed by atoms with van der Waals surface area (Å²) in [6, 6.07) is 16.7. The Bertz CT molecular complexity index is 1370. The molecule has 9 heteroatoms. The molecule has 33 heavy (non-hydrogen) atoms. The number of aromatic amines is 1. The number of hydrogen-bond acceptors (Lipinski definition) is 5. The van der Waals surface area contributed by atoms with Crippen molar-refractivity contribution < 1.29 is 9.53 Å². The van der Waals surface area contributed by atoms with Crippen molar-refractivity contribution in [2.24, 2.45) is 0 Å². The molecule has 1 aliphatic rings. The van der Waals surface area contributed by atoms with E-state index in [1.807, 2.05) is 47.4 Å². The fourth-order valence-corrected chi connectivity index (χ4v) is 4.32. The molecule has 0 spiro atoms. The van der Waals surface area contributed by atoms with E-state index in [0.717, 1.165) is 16.7 Å². The number of nitrogens with one attached hydrogen (secondary N) is 1. The number of hydrogen-bond donors (Lipinski definition) is 1. The van der Waals surface area contributed by atoms with Gasteiger partial charge in [-0.2, -0.15) is 9.78 Å². The van der Waals surface area contributed by atoms with Gasteiger partial charge in [-0.1, -0.05) is 29.8 Å². The van der Waals surface area contributed by atoms with Gasteiger partial charge < -0.3 is 19.5 Å². The van der Waals surface area contributed by atoms with Gasteiger partial charge in [0.1, 0.15) is 16.5 Å². The SMILES string of the molecule is COc1ccc2cc(C(=O)N3CCN(c4cnn(-c5ccccc5)c(=O)c4Cl)CC3)[nH]c2c1. The summed E-state index contributed by atoms with van der Waals surface area (Å²) in [4.78, 5) is 32.8. The van der Waals surface area contributed by atoms with Gasteiger partial charge in [0.2, 0.25) is 0 Å². The highest BCUT2D eigenvalue weighted by Crippen LogP contribution is 2.25. The molecule has 5 rings (SSSR count). The van der Waals surface area contributed by atoms with Crippen LogP contribution in [0.25, 0.3) is 16.6 Å². The minimum Gasteiger partial charge on any atom is -0.497 e. The normalized spacial score (nSPS) is 14.0. The summed E-state index contributed by atoms with van der Waals surface area (Å²) in [5, 5.41) is 5.38. The second kappa shape index (κ2) is 8.63. The number of aromatic nitrogens is 3. The molecule has 0 radical (unpaired) electrons. The van der Waals surface area contributed by atoms with Crippen molar-refractivity contribution >= 4 is 34.1 Å². The molecule has 2 aromatic heterocycles. The van der Waals surface area contributed by atoms with E-state index >= 15 is 0 Å². The molecule has 0 aliphatic carbocycles. The highest BCUT2D eigenvalue weighted by atomic mass is 35.5. The van der Waals surface area contributed by atoms with Crippen LogP contribution in [0.5, 0.6) is 5.75 Å². The number of para-hydroxylation sites is 1. The Morgan fingerprint density at radius 3 is 2.55 bits per heavy atom. The van der Waals surface area contributed by atoms with E-state index in [1.54, 1.807) is 30.3 Å². The lowest BCUT2D eigenvalue weighted by Gasteiger charge is -2.36. The zero-order chi connectivity index (χ0) is 22.9. The minimum atomic E-state index is -0.368. The van der Waals surface area contributed by atoms with Crippen molar-refractivity contribution in [3.05, 3.63) is 81.9 Å². The third-order valence-corrected chi connectivity index (χ3v) is 6.22. The third-order valence-electron chi connectivity index (χ3n) is 5.87. The molecule has 1 fully saturated rings. The second-order valence-electron chi connectivity index (χ2n) is 7.81. The zero-order valence-electron chi connectivity index (χ0n) is 18.0. The van der Waals surface area contributed by atoms with E-state index in [1.165, 1.54) is 4.68 Å². The fraction of sp³-hybridized carbons (Fsp3) is 0.208. The molecular weight excluding hydrogens is 442 g/mol. The first-order chi connectivity index (χ1) is 16.0. The van der Waals surface area contributed by atoms with Crippen molar-refractivity contribution in [2.75, 3.05) is 38.2 Å². The van der Waals surface area contributed by atoms with Gasteiger partial charge in [-0.05, 0) is 30.3 Å². The second-order valence-corrected chi connectivity index (χ2v) is 8.19. The fourth-order valence-electron chi connectivity index (χ4n) is 4.07. The number of piperazine rings is 1. The van der Waals surface area contributed by atoms with Gasteiger partial charge in [-0.3, -0.25) is 9.59 Å². The van der Waals surface area contributed by atoms with Crippen molar-refractivity contribution in [2.45, 2.75) is 0 Å². The van der Waals surface area contributed by atoms with Crippen LogP contribution < -0.4 is 15.2 Å². The predicted octanol–water partition coefficient (Wildman–Crippen LogP) is 3.34. The van der Waals surface area contributed by atoms with Crippen LogP contribution in [0.4, 0.5) is 5.69 Å². The van der Waals surface area contributed by atoms with Crippen LogP contribution in [0.2, 0.25) is 5.02 Å². The van der Waals surface area contributed by atoms with Gasteiger partial charge in [0, 0.05) is 43.1 Å². The number of methoxy groups -OCH3 is 1. The van der Waals surface area contributed by atoms with Crippen LogP contribution in [0.3, 0.4) is 0 Å². The highest BCUT2D eigenvalue weighted by Gasteiger charge is 2.25. The number of carbonyl (C=O) groups excluding carboxylic acids is 1. The van der Waals surface area contributed by atoms with E-state index in [-0.39, 0.29) is 16.5 Å². The van der Waals surface area contributed by atoms with Gasteiger partial charge in [-0.15, -0.1) is 0 Å². The number of H-pyrrole nitrogens is 1. The Hall–Kier alpha value is -3.78. The van der Waals surface area contributed by atoms with Gasteiger partial charge in [0.25, 0.3) is 11.5 Å². The summed E-state index contributed by atoms with van der Waals surface area (Å²) < 4.78 is 6.54. The van der Waals surface area contributed by atoms with Crippen LogP contribution >= 0.6 is 11.6 Å². The maximum absolute atomic E-state index is 13.0. The van der Waals surface area contributed by atoms with Crippen LogP contribution in [-0.4, -0.2) is 58.9 Å². The number of nitrogens with zero attached hydrogens (tertiary/aromatic N) is 4. The zero-order valence-corrected chi connectivity index (χ0v) is 18.7. The number of amides is 1. The number of benzene rings is 2. The van der Waals surface area contributed by atoms with Crippen molar-refractivity contribution in [1.29, 1.82) is 0 Å². The van der Waals surface area contributed by atoms with Gasteiger partial charge in [0.15, 0.2) is 0 Å². The smallest absolute Gasteiger partial charge is 0.292 e. The topological polar surface area (TPSA) is 83.5 Å². The lowest BCUT2D eigenvalue weighted by Crippen LogP contribution is -2.49. The van der Waals surface area contributed by atoms with E-state index in [0.29, 0.717) is 43.2 Å². The molecule has 168 valence electrons. The average molecular weight is 464 g/mol. The molecule has 1 aliphatic heterocycles. The number of halogens is 1. The molecule has 0 saturated carbocycles. The van der Waals surface area contributed by atoms with Crippen LogP contribution in [0, 0.1) is 0 Å². The lowest BCUT2D eigenvalue weighted by molar-refractivity contribution is 0.0742. The molecule has 4 aromatic rings.